The molecule has 5 nitrogen and oxygen atoms in total. The number of β-amino-alcohol motifs (C(OH)–C–C–N with tert-alkyl or cyclic N) is 1. The van der Waals surface area contributed by atoms with E-state index in [0.29, 0.717) is 26.2 Å². The molecule has 16 heavy (non-hydrogen) atoms. The zero-order valence-corrected chi connectivity index (χ0v) is 10.7. The van der Waals surface area contributed by atoms with E-state index in [2.05, 4.69) is 0 Å². The minimum absolute atomic E-state index is 0.117. The van der Waals surface area contributed by atoms with E-state index >= 15 is 0 Å². The lowest BCUT2D eigenvalue weighted by molar-refractivity contribution is 0.0505. The zero-order valence-electron chi connectivity index (χ0n) is 9.92. The van der Waals surface area contributed by atoms with Gasteiger partial charge in [-0.15, -0.1) is 0 Å². The predicted octanol–water partition coefficient (Wildman–Crippen LogP) is -0.497. The van der Waals surface area contributed by atoms with Crippen molar-refractivity contribution in [3.8, 4) is 0 Å². The first kappa shape index (κ1) is 13.9. The number of aliphatic hydroxyl groups excluding tert-OH is 1. The maximum atomic E-state index is 11.4. The number of aliphatic hydroxyl groups is 1. The molecule has 1 rings (SSSR count). The van der Waals surface area contributed by atoms with Crippen LogP contribution >= 0.6 is 0 Å². The van der Waals surface area contributed by atoms with Gasteiger partial charge in [-0.2, -0.15) is 0 Å². The fraction of sp³-hybridized carbons (Fsp3) is 1.00. The second kappa shape index (κ2) is 5.95. The summed E-state index contributed by atoms with van der Waals surface area (Å²) in [6.07, 6.45) is -0.591. The summed E-state index contributed by atoms with van der Waals surface area (Å²) in [5.41, 5.74) is 0. The molecular formula is C10H21NO4S. The van der Waals surface area contributed by atoms with Crippen molar-refractivity contribution in [2.45, 2.75) is 26.1 Å². The van der Waals surface area contributed by atoms with Gasteiger partial charge in [0.25, 0.3) is 0 Å². The Balaban J connectivity index is 2.38. The van der Waals surface area contributed by atoms with Crippen LogP contribution in [0.2, 0.25) is 0 Å². The van der Waals surface area contributed by atoms with Gasteiger partial charge in [-0.05, 0) is 13.8 Å². The minimum atomic E-state index is -3.08. The van der Waals surface area contributed by atoms with Crippen LogP contribution in [0.25, 0.3) is 0 Å². The van der Waals surface area contributed by atoms with Crippen molar-refractivity contribution in [1.29, 1.82) is 0 Å². The van der Waals surface area contributed by atoms with E-state index in [-0.39, 0.29) is 17.6 Å². The first-order valence-corrected chi connectivity index (χ1v) is 7.43. The predicted molar refractivity (Wildman–Crippen MR) is 62.2 cm³/mol. The molecule has 0 aliphatic carbocycles. The molecule has 0 aromatic rings. The summed E-state index contributed by atoms with van der Waals surface area (Å²) in [6, 6.07) is 0. The van der Waals surface area contributed by atoms with Crippen LogP contribution in [-0.2, 0) is 14.6 Å². The third-order valence-corrected chi connectivity index (χ3v) is 4.19. The second-order valence-corrected chi connectivity index (χ2v) is 6.72. The van der Waals surface area contributed by atoms with E-state index in [0.717, 1.165) is 0 Å². The highest BCUT2D eigenvalue weighted by molar-refractivity contribution is 7.91. The summed E-state index contributed by atoms with van der Waals surface area (Å²) in [5, 5.41) is 9.54. The van der Waals surface area contributed by atoms with E-state index in [1.807, 2.05) is 18.7 Å². The summed E-state index contributed by atoms with van der Waals surface area (Å²) in [7, 11) is -3.08. The largest absolute Gasteiger partial charge is 0.391 e. The maximum Gasteiger partial charge on any atom is 0.154 e. The molecule has 0 unspecified atom stereocenters. The topological polar surface area (TPSA) is 66.8 Å². The lowest BCUT2D eigenvalue weighted by Crippen LogP contribution is -2.35. The van der Waals surface area contributed by atoms with E-state index in [4.69, 9.17) is 4.74 Å². The number of sulfone groups is 1. The standard InChI is InChI=1S/C10H21NO4S/c1-9(2)15-5-3-11-4-6-16(13,14)8-10(12)7-11/h9-10,12H,3-8H2,1-2H3/t10-/m1/s1. The van der Waals surface area contributed by atoms with Crippen molar-refractivity contribution in [3.05, 3.63) is 0 Å². The van der Waals surface area contributed by atoms with E-state index in [9.17, 15) is 13.5 Å². The van der Waals surface area contributed by atoms with Gasteiger partial charge in [-0.25, -0.2) is 8.42 Å². The number of ether oxygens (including phenoxy) is 1. The molecule has 1 saturated heterocycles. The highest BCUT2D eigenvalue weighted by Crippen LogP contribution is 2.05. The van der Waals surface area contributed by atoms with Gasteiger partial charge in [-0.3, -0.25) is 4.90 Å². The van der Waals surface area contributed by atoms with Crippen LogP contribution in [0.4, 0.5) is 0 Å². The minimum Gasteiger partial charge on any atom is -0.391 e. The highest BCUT2D eigenvalue weighted by atomic mass is 32.2. The Hall–Kier alpha value is -0.170. The highest BCUT2D eigenvalue weighted by Gasteiger charge is 2.25. The van der Waals surface area contributed by atoms with Crippen molar-refractivity contribution in [2.75, 3.05) is 37.7 Å². The molecule has 0 aromatic heterocycles. The Morgan fingerprint density at radius 2 is 2.19 bits per heavy atom. The van der Waals surface area contributed by atoms with Crippen LogP contribution in [0.1, 0.15) is 13.8 Å². The molecule has 1 heterocycles. The monoisotopic (exact) mass is 251 g/mol. The SMILES string of the molecule is CC(C)OCCN1CCS(=O)(=O)C[C@H](O)C1. The lowest BCUT2D eigenvalue weighted by atomic mass is 10.3. The van der Waals surface area contributed by atoms with Gasteiger partial charge in [0, 0.05) is 19.6 Å². The molecule has 1 aliphatic heterocycles. The van der Waals surface area contributed by atoms with Crippen LogP contribution in [0, 0.1) is 0 Å². The number of nitrogens with zero attached hydrogens (tertiary/aromatic N) is 1. The summed E-state index contributed by atoms with van der Waals surface area (Å²) in [6.45, 7) is 6.07. The summed E-state index contributed by atoms with van der Waals surface area (Å²) in [4.78, 5) is 1.94. The molecule has 0 aromatic carbocycles. The van der Waals surface area contributed by atoms with Gasteiger partial charge < -0.3 is 9.84 Å². The quantitative estimate of drug-likeness (QED) is 0.730. The molecule has 1 atom stereocenters. The van der Waals surface area contributed by atoms with E-state index < -0.39 is 15.9 Å². The third-order valence-electron chi connectivity index (χ3n) is 2.49. The third kappa shape index (κ3) is 5.25. The molecule has 1 fully saturated rings. The normalized spacial score (nSPS) is 26.9. The zero-order chi connectivity index (χ0) is 12.2. The van der Waals surface area contributed by atoms with Crippen LogP contribution in [-0.4, -0.2) is 68.4 Å². The number of hydrogen-bond acceptors (Lipinski definition) is 5. The number of rotatable bonds is 4. The smallest absolute Gasteiger partial charge is 0.154 e. The first-order valence-electron chi connectivity index (χ1n) is 5.61. The van der Waals surface area contributed by atoms with Crippen molar-refractivity contribution >= 4 is 9.84 Å². The van der Waals surface area contributed by atoms with Gasteiger partial charge in [0.05, 0.1) is 30.3 Å². The molecule has 6 heteroatoms. The Labute approximate surface area is 97.3 Å². The molecule has 1 N–H and O–H groups in total. The van der Waals surface area contributed by atoms with Crippen LogP contribution in [0.3, 0.4) is 0 Å². The molecule has 0 saturated carbocycles. The van der Waals surface area contributed by atoms with Crippen molar-refractivity contribution in [1.82, 2.24) is 4.90 Å². The molecule has 96 valence electrons. The fourth-order valence-electron chi connectivity index (χ4n) is 1.71. The summed E-state index contributed by atoms with van der Waals surface area (Å²) >= 11 is 0. The molecule has 0 bridgehead atoms. The Morgan fingerprint density at radius 3 is 2.81 bits per heavy atom. The second-order valence-electron chi connectivity index (χ2n) is 4.49. The molecule has 0 spiro atoms. The Morgan fingerprint density at radius 1 is 1.50 bits per heavy atom. The average molecular weight is 251 g/mol. The average Bonchev–Trinajstić information content (AvgIpc) is 2.23. The van der Waals surface area contributed by atoms with Gasteiger partial charge in [0.1, 0.15) is 0 Å². The summed E-state index contributed by atoms with van der Waals surface area (Å²) in [5.74, 6) is 0.0142. The van der Waals surface area contributed by atoms with E-state index in [1.165, 1.54) is 0 Å². The van der Waals surface area contributed by atoms with Crippen molar-refractivity contribution in [2.24, 2.45) is 0 Å². The van der Waals surface area contributed by atoms with Gasteiger partial charge in [-0.1, -0.05) is 0 Å². The molecule has 0 amide bonds. The first-order chi connectivity index (χ1) is 7.39. The van der Waals surface area contributed by atoms with Crippen LogP contribution in [0.15, 0.2) is 0 Å². The Kier molecular flexibility index (Phi) is 5.17. The van der Waals surface area contributed by atoms with Gasteiger partial charge in [0.15, 0.2) is 9.84 Å². The lowest BCUT2D eigenvalue weighted by Gasteiger charge is -2.21. The summed E-state index contributed by atoms with van der Waals surface area (Å²) < 4.78 is 28.2. The van der Waals surface area contributed by atoms with Crippen molar-refractivity contribution in [3.63, 3.8) is 0 Å². The van der Waals surface area contributed by atoms with Crippen LogP contribution < -0.4 is 0 Å². The maximum absolute atomic E-state index is 11.4. The molecule has 1 aliphatic rings. The van der Waals surface area contributed by atoms with Gasteiger partial charge >= 0.3 is 0 Å². The van der Waals surface area contributed by atoms with E-state index in [1.54, 1.807) is 0 Å². The van der Waals surface area contributed by atoms with Crippen molar-refractivity contribution < 1.29 is 18.3 Å². The number of hydrogen-bond donors (Lipinski definition) is 1. The van der Waals surface area contributed by atoms with Gasteiger partial charge in [0.2, 0.25) is 0 Å². The molecular weight excluding hydrogens is 230 g/mol. The molecule has 0 radical (unpaired) electrons. The van der Waals surface area contributed by atoms with Crippen LogP contribution in [0.5, 0.6) is 0 Å². The fourth-order valence-corrected chi connectivity index (χ4v) is 3.10. The Bertz CT molecular complexity index is 302.